The Labute approximate surface area is 112 Å². The van der Waals surface area contributed by atoms with Crippen molar-refractivity contribution in [2.75, 3.05) is 0 Å². The molecule has 0 radical (unpaired) electrons. The monoisotopic (exact) mass is 330 g/mol. The van der Waals surface area contributed by atoms with Crippen molar-refractivity contribution in [1.29, 1.82) is 0 Å². The lowest BCUT2D eigenvalue weighted by atomic mass is 10.3. The molecule has 0 bridgehead atoms. The standard InChI is InChI=1S/C12H8BrFO3S/c13-9-1-5-11(6-2-9)17-18(15,16)12-7-3-10(14)4-8-12/h1-8H. The van der Waals surface area contributed by atoms with Gasteiger partial charge < -0.3 is 4.18 Å². The summed E-state index contributed by atoms with van der Waals surface area (Å²) in [5, 5.41) is 0. The molecule has 0 saturated carbocycles. The first kappa shape index (κ1) is 13.0. The minimum atomic E-state index is -3.92. The molecule has 0 atom stereocenters. The molecule has 2 aromatic rings. The summed E-state index contributed by atoms with van der Waals surface area (Å²) in [5.74, 6) is -0.305. The second kappa shape index (κ2) is 5.07. The zero-order chi connectivity index (χ0) is 13.2. The molecule has 0 aliphatic heterocycles. The minimum Gasteiger partial charge on any atom is -0.379 e. The summed E-state index contributed by atoms with van der Waals surface area (Å²) in [6.45, 7) is 0. The second-order valence-electron chi connectivity index (χ2n) is 3.45. The Morgan fingerprint density at radius 1 is 0.944 bits per heavy atom. The topological polar surface area (TPSA) is 43.4 Å². The van der Waals surface area contributed by atoms with Gasteiger partial charge in [0.15, 0.2) is 0 Å². The van der Waals surface area contributed by atoms with Gasteiger partial charge in [0.1, 0.15) is 16.5 Å². The Balaban J connectivity index is 2.27. The third kappa shape index (κ3) is 3.08. The quantitative estimate of drug-likeness (QED) is 0.810. The van der Waals surface area contributed by atoms with Crippen LogP contribution in [-0.2, 0) is 10.1 Å². The van der Waals surface area contributed by atoms with E-state index in [9.17, 15) is 12.8 Å². The van der Waals surface area contributed by atoms with E-state index in [0.29, 0.717) is 0 Å². The molecule has 2 aromatic carbocycles. The maximum absolute atomic E-state index is 12.7. The van der Waals surface area contributed by atoms with Gasteiger partial charge in [-0.05, 0) is 48.5 Å². The number of benzene rings is 2. The molecule has 0 fully saturated rings. The van der Waals surface area contributed by atoms with E-state index < -0.39 is 15.9 Å². The third-order valence-corrected chi connectivity index (χ3v) is 3.91. The molecule has 0 amide bonds. The van der Waals surface area contributed by atoms with E-state index in [2.05, 4.69) is 15.9 Å². The number of hydrogen-bond donors (Lipinski definition) is 0. The zero-order valence-electron chi connectivity index (χ0n) is 9.01. The number of hydrogen-bond acceptors (Lipinski definition) is 3. The molecule has 2 rings (SSSR count). The summed E-state index contributed by atoms with van der Waals surface area (Å²) in [4.78, 5) is -0.0909. The molecule has 18 heavy (non-hydrogen) atoms. The van der Waals surface area contributed by atoms with E-state index in [1.54, 1.807) is 12.1 Å². The predicted octanol–water partition coefficient (Wildman–Crippen LogP) is 3.36. The first-order chi connectivity index (χ1) is 8.47. The highest BCUT2D eigenvalue weighted by molar-refractivity contribution is 9.10. The zero-order valence-corrected chi connectivity index (χ0v) is 11.4. The molecule has 3 nitrogen and oxygen atoms in total. The van der Waals surface area contributed by atoms with Gasteiger partial charge in [-0.3, -0.25) is 0 Å². The normalized spacial score (nSPS) is 11.2. The van der Waals surface area contributed by atoms with Gasteiger partial charge in [-0.2, -0.15) is 8.42 Å². The van der Waals surface area contributed by atoms with Crippen molar-refractivity contribution in [3.63, 3.8) is 0 Å². The fourth-order valence-corrected chi connectivity index (χ4v) is 2.46. The first-order valence-corrected chi connectivity index (χ1v) is 7.13. The predicted molar refractivity (Wildman–Crippen MR) is 68.4 cm³/mol. The molecule has 0 N–H and O–H groups in total. The van der Waals surface area contributed by atoms with E-state index in [-0.39, 0.29) is 10.6 Å². The highest BCUT2D eigenvalue weighted by atomic mass is 79.9. The van der Waals surface area contributed by atoms with Gasteiger partial charge in [0.25, 0.3) is 0 Å². The molecule has 94 valence electrons. The van der Waals surface area contributed by atoms with Gasteiger partial charge in [-0.25, -0.2) is 4.39 Å². The molecule has 0 aliphatic rings. The summed E-state index contributed by atoms with van der Waals surface area (Å²) in [7, 11) is -3.92. The van der Waals surface area contributed by atoms with E-state index in [1.807, 2.05) is 0 Å². The van der Waals surface area contributed by atoms with Crippen molar-refractivity contribution >= 4 is 26.0 Å². The van der Waals surface area contributed by atoms with Crippen LogP contribution in [0.25, 0.3) is 0 Å². The van der Waals surface area contributed by atoms with Crippen molar-refractivity contribution in [2.24, 2.45) is 0 Å². The summed E-state index contributed by atoms with van der Waals surface area (Å²) in [5.41, 5.74) is 0. The molecule has 0 unspecified atom stereocenters. The van der Waals surface area contributed by atoms with Crippen LogP contribution < -0.4 is 4.18 Å². The average Bonchev–Trinajstić information content (AvgIpc) is 2.32. The summed E-state index contributed by atoms with van der Waals surface area (Å²) >= 11 is 3.23. The van der Waals surface area contributed by atoms with Crippen molar-refractivity contribution in [1.82, 2.24) is 0 Å². The molecule has 0 aromatic heterocycles. The molecule has 0 heterocycles. The molecule has 6 heteroatoms. The van der Waals surface area contributed by atoms with Crippen LogP contribution in [0.2, 0.25) is 0 Å². The third-order valence-electron chi connectivity index (χ3n) is 2.12. The molecule has 0 saturated heterocycles. The molecular weight excluding hydrogens is 323 g/mol. The number of halogens is 2. The lowest BCUT2D eigenvalue weighted by Gasteiger charge is -2.06. The second-order valence-corrected chi connectivity index (χ2v) is 5.91. The van der Waals surface area contributed by atoms with Gasteiger partial charge in [0, 0.05) is 4.47 Å². The van der Waals surface area contributed by atoms with Crippen molar-refractivity contribution < 1.29 is 17.0 Å². The molecule has 0 spiro atoms. The van der Waals surface area contributed by atoms with Crippen LogP contribution in [0.5, 0.6) is 5.75 Å². The van der Waals surface area contributed by atoms with E-state index in [1.165, 1.54) is 12.1 Å². The smallest absolute Gasteiger partial charge is 0.339 e. The Bertz CT molecular complexity index is 636. The molecular formula is C12H8BrFO3S. The van der Waals surface area contributed by atoms with Gasteiger partial charge >= 0.3 is 10.1 Å². The van der Waals surface area contributed by atoms with Crippen LogP contribution in [0, 0.1) is 5.82 Å². The highest BCUT2D eigenvalue weighted by Gasteiger charge is 2.16. The van der Waals surface area contributed by atoms with E-state index in [4.69, 9.17) is 4.18 Å². The lowest BCUT2D eigenvalue weighted by molar-refractivity contribution is 0.486. The van der Waals surface area contributed by atoms with Gasteiger partial charge in [-0.15, -0.1) is 0 Å². The van der Waals surface area contributed by atoms with Crippen molar-refractivity contribution in [3.05, 3.63) is 58.8 Å². The lowest BCUT2D eigenvalue weighted by Crippen LogP contribution is -2.09. The summed E-state index contributed by atoms with van der Waals surface area (Å²) in [6, 6.07) is 10.8. The van der Waals surface area contributed by atoms with Crippen LogP contribution in [0.3, 0.4) is 0 Å². The minimum absolute atomic E-state index is 0.0909. The van der Waals surface area contributed by atoms with Gasteiger partial charge in [0.05, 0.1) is 0 Å². The number of rotatable bonds is 3. The van der Waals surface area contributed by atoms with Crippen molar-refractivity contribution in [3.8, 4) is 5.75 Å². The van der Waals surface area contributed by atoms with Crippen LogP contribution in [0.15, 0.2) is 57.9 Å². The Kier molecular flexibility index (Phi) is 3.68. The summed E-state index contributed by atoms with van der Waals surface area (Å²) < 4.78 is 42.1. The molecule has 0 aliphatic carbocycles. The SMILES string of the molecule is O=S(=O)(Oc1ccc(Br)cc1)c1ccc(F)cc1. The van der Waals surface area contributed by atoms with E-state index >= 15 is 0 Å². The van der Waals surface area contributed by atoms with Gasteiger partial charge in [-0.1, -0.05) is 15.9 Å². The van der Waals surface area contributed by atoms with E-state index in [0.717, 1.165) is 28.7 Å². The maximum atomic E-state index is 12.7. The highest BCUT2D eigenvalue weighted by Crippen LogP contribution is 2.21. The Morgan fingerprint density at radius 3 is 2.06 bits per heavy atom. The Hall–Kier alpha value is -1.40. The van der Waals surface area contributed by atoms with Crippen molar-refractivity contribution in [2.45, 2.75) is 4.90 Å². The van der Waals surface area contributed by atoms with Crippen LogP contribution in [-0.4, -0.2) is 8.42 Å². The maximum Gasteiger partial charge on any atom is 0.339 e. The Morgan fingerprint density at radius 2 is 1.50 bits per heavy atom. The fourth-order valence-electron chi connectivity index (χ4n) is 1.27. The average molecular weight is 331 g/mol. The largest absolute Gasteiger partial charge is 0.379 e. The van der Waals surface area contributed by atoms with Crippen LogP contribution in [0.1, 0.15) is 0 Å². The van der Waals surface area contributed by atoms with Crippen LogP contribution in [0.4, 0.5) is 4.39 Å². The summed E-state index contributed by atoms with van der Waals surface area (Å²) in [6.07, 6.45) is 0. The van der Waals surface area contributed by atoms with Gasteiger partial charge in [0.2, 0.25) is 0 Å². The van der Waals surface area contributed by atoms with Crippen LogP contribution >= 0.6 is 15.9 Å². The first-order valence-electron chi connectivity index (χ1n) is 4.93. The fraction of sp³-hybridized carbons (Fsp3) is 0.